The van der Waals surface area contributed by atoms with Crippen LogP contribution in [0.3, 0.4) is 0 Å². The third kappa shape index (κ3) is 4.38. The van der Waals surface area contributed by atoms with Gasteiger partial charge in [-0.15, -0.1) is 0 Å². The van der Waals surface area contributed by atoms with Crippen molar-refractivity contribution in [1.29, 1.82) is 0 Å². The van der Waals surface area contributed by atoms with Crippen molar-refractivity contribution in [2.45, 2.75) is 38.9 Å². The lowest BCUT2D eigenvalue weighted by Crippen LogP contribution is -2.19. The highest BCUT2D eigenvalue weighted by Gasteiger charge is 2.32. The topological polar surface area (TPSA) is 29.9 Å². The van der Waals surface area contributed by atoms with E-state index in [0.717, 1.165) is 38.3 Å². The molecule has 98 valence electrons. The molecule has 0 fully saturated rings. The lowest BCUT2D eigenvalue weighted by atomic mass is 10.2. The minimum absolute atomic E-state index is 0.0320. The van der Waals surface area contributed by atoms with Crippen LogP contribution in [0.4, 0.5) is 13.2 Å². The molecule has 0 bridgehead atoms. The van der Waals surface area contributed by atoms with Crippen LogP contribution in [0.5, 0.6) is 0 Å². The normalized spacial score (nSPS) is 13.9. The Morgan fingerprint density at radius 2 is 2.12 bits per heavy atom. The first-order chi connectivity index (χ1) is 7.95. The van der Waals surface area contributed by atoms with Crippen molar-refractivity contribution < 1.29 is 13.2 Å². The third-order valence-electron chi connectivity index (χ3n) is 2.55. The minimum atomic E-state index is -4.31. The van der Waals surface area contributed by atoms with Gasteiger partial charge in [-0.1, -0.05) is 6.92 Å². The highest BCUT2D eigenvalue weighted by Crippen LogP contribution is 2.29. The van der Waals surface area contributed by atoms with Crippen molar-refractivity contribution >= 4 is 0 Å². The summed E-state index contributed by atoms with van der Waals surface area (Å²) in [5, 5.41) is 6.96. The summed E-state index contributed by atoms with van der Waals surface area (Å²) in [6.07, 6.45) is -0.563. The van der Waals surface area contributed by atoms with Crippen LogP contribution < -0.4 is 5.32 Å². The Morgan fingerprint density at radius 3 is 2.65 bits per heavy atom. The molecule has 0 aliphatic carbocycles. The van der Waals surface area contributed by atoms with Gasteiger partial charge in [0.1, 0.15) is 0 Å². The lowest BCUT2D eigenvalue weighted by Gasteiger charge is -2.12. The van der Waals surface area contributed by atoms with Gasteiger partial charge in [-0.2, -0.15) is 18.3 Å². The van der Waals surface area contributed by atoms with E-state index in [2.05, 4.69) is 17.3 Å². The number of halogens is 3. The molecule has 0 spiro atoms. The van der Waals surface area contributed by atoms with Gasteiger partial charge in [0.25, 0.3) is 0 Å². The Morgan fingerprint density at radius 1 is 1.41 bits per heavy atom. The molecule has 1 aromatic heterocycles. The summed E-state index contributed by atoms with van der Waals surface area (Å²) in [6.45, 7) is 5.65. The first kappa shape index (κ1) is 14.0. The zero-order valence-electron chi connectivity index (χ0n) is 10.1. The molecule has 0 aliphatic rings. The molecule has 1 unspecified atom stereocenters. The fourth-order valence-corrected chi connectivity index (χ4v) is 1.47. The SMILES string of the molecule is CCCNCCC(C)n1cc(C(F)(F)F)cn1. The van der Waals surface area contributed by atoms with Gasteiger partial charge in [-0.05, 0) is 32.9 Å². The molecular formula is C11H18F3N3. The molecule has 0 radical (unpaired) electrons. The number of nitrogens with zero attached hydrogens (tertiary/aromatic N) is 2. The van der Waals surface area contributed by atoms with Crippen molar-refractivity contribution in [2.75, 3.05) is 13.1 Å². The van der Waals surface area contributed by atoms with Crippen LogP contribution in [0.25, 0.3) is 0 Å². The average Bonchev–Trinajstić information content (AvgIpc) is 2.72. The van der Waals surface area contributed by atoms with E-state index in [4.69, 9.17) is 0 Å². The maximum Gasteiger partial charge on any atom is 0.419 e. The van der Waals surface area contributed by atoms with Gasteiger partial charge in [-0.3, -0.25) is 4.68 Å². The van der Waals surface area contributed by atoms with Gasteiger partial charge in [0.05, 0.1) is 17.8 Å². The van der Waals surface area contributed by atoms with E-state index in [1.165, 1.54) is 4.68 Å². The van der Waals surface area contributed by atoms with Gasteiger partial charge >= 0.3 is 6.18 Å². The van der Waals surface area contributed by atoms with E-state index < -0.39 is 11.7 Å². The van der Waals surface area contributed by atoms with E-state index in [0.29, 0.717) is 0 Å². The van der Waals surface area contributed by atoms with Crippen LogP contribution >= 0.6 is 0 Å². The summed E-state index contributed by atoms with van der Waals surface area (Å²) < 4.78 is 38.4. The number of nitrogens with one attached hydrogen (secondary N) is 1. The molecule has 0 saturated heterocycles. The second kappa shape index (κ2) is 6.05. The second-order valence-corrected chi connectivity index (χ2v) is 4.09. The molecule has 1 aromatic rings. The number of aromatic nitrogens is 2. The van der Waals surface area contributed by atoms with Crippen LogP contribution in [0.1, 0.15) is 38.3 Å². The summed E-state index contributed by atoms with van der Waals surface area (Å²) in [7, 11) is 0. The summed E-state index contributed by atoms with van der Waals surface area (Å²) in [5.41, 5.74) is -0.689. The van der Waals surface area contributed by atoms with Gasteiger partial charge in [0.2, 0.25) is 0 Å². The van der Waals surface area contributed by atoms with Crippen molar-refractivity contribution in [1.82, 2.24) is 15.1 Å². The predicted molar refractivity (Wildman–Crippen MR) is 59.7 cm³/mol. The first-order valence-electron chi connectivity index (χ1n) is 5.77. The molecular weight excluding hydrogens is 231 g/mol. The maximum absolute atomic E-state index is 12.4. The lowest BCUT2D eigenvalue weighted by molar-refractivity contribution is -0.137. The molecule has 0 aromatic carbocycles. The quantitative estimate of drug-likeness (QED) is 0.786. The molecule has 0 saturated carbocycles. The number of alkyl halides is 3. The second-order valence-electron chi connectivity index (χ2n) is 4.09. The summed E-state index contributed by atoms with van der Waals surface area (Å²) >= 11 is 0. The first-order valence-corrected chi connectivity index (χ1v) is 5.77. The monoisotopic (exact) mass is 249 g/mol. The van der Waals surface area contributed by atoms with E-state index in [9.17, 15) is 13.2 Å². The van der Waals surface area contributed by atoms with Crippen LogP contribution in [0.2, 0.25) is 0 Å². The molecule has 1 atom stereocenters. The van der Waals surface area contributed by atoms with E-state index in [-0.39, 0.29) is 6.04 Å². The molecule has 1 rings (SSSR count). The Kier molecular flexibility index (Phi) is 4.99. The Hall–Kier alpha value is -1.04. The third-order valence-corrected chi connectivity index (χ3v) is 2.55. The standard InChI is InChI=1S/C11H18F3N3/c1-3-5-15-6-4-9(2)17-8-10(7-16-17)11(12,13)14/h7-9,15H,3-6H2,1-2H3. The summed E-state index contributed by atoms with van der Waals surface area (Å²) in [5.74, 6) is 0. The van der Waals surface area contributed by atoms with Crippen LogP contribution in [0, 0.1) is 0 Å². The zero-order chi connectivity index (χ0) is 12.9. The van der Waals surface area contributed by atoms with Crippen molar-refractivity contribution in [3.63, 3.8) is 0 Å². The number of rotatable bonds is 6. The number of hydrogen-bond donors (Lipinski definition) is 1. The van der Waals surface area contributed by atoms with E-state index >= 15 is 0 Å². The molecule has 1 heterocycles. The summed E-state index contributed by atoms with van der Waals surface area (Å²) in [4.78, 5) is 0. The zero-order valence-corrected chi connectivity index (χ0v) is 10.1. The molecule has 0 amide bonds. The largest absolute Gasteiger partial charge is 0.419 e. The molecule has 1 N–H and O–H groups in total. The van der Waals surface area contributed by atoms with Crippen molar-refractivity contribution in [2.24, 2.45) is 0 Å². The van der Waals surface area contributed by atoms with E-state index in [1.807, 2.05) is 6.92 Å². The van der Waals surface area contributed by atoms with Crippen molar-refractivity contribution in [3.05, 3.63) is 18.0 Å². The number of hydrogen-bond acceptors (Lipinski definition) is 2. The Labute approximate surface area is 99.0 Å². The summed E-state index contributed by atoms with van der Waals surface area (Å²) in [6, 6.07) is -0.0320. The molecule has 3 nitrogen and oxygen atoms in total. The molecule has 17 heavy (non-hydrogen) atoms. The van der Waals surface area contributed by atoms with Crippen LogP contribution in [-0.2, 0) is 6.18 Å². The smallest absolute Gasteiger partial charge is 0.317 e. The average molecular weight is 249 g/mol. The van der Waals surface area contributed by atoms with Gasteiger partial charge in [0.15, 0.2) is 0 Å². The highest BCUT2D eigenvalue weighted by atomic mass is 19.4. The fourth-order valence-electron chi connectivity index (χ4n) is 1.47. The van der Waals surface area contributed by atoms with Crippen molar-refractivity contribution in [3.8, 4) is 0 Å². The Balaban J connectivity index is 2.47. The fraction of sp³-hybridized carbons (Fsp3) is 0.727. The predicted octanol–water partition coefficient (Wildman–Crippen LogP) is 2.85. The van der Waals surface area contributed by atoms with Crippen LogP contribution in [0.15, 0.2) is 12.4 Å². The highest BCUT2D eigenvalue weighted by molar-refractivity contribution is 5.08. The van der Waals surface area contributed by atoms with Crippen LogP contribution in [-0.4, -0.2) is 22.9 Å². The van der Waals surface area contributed by atoms with Gasteiger partial charge in [-0.25, -0.2) is 0 Å². The van der Waals surface area contributed by atoms with E-state index in [1.54, 1.807) is 0 Å². The molecule has 0 aliphatic heterocycles. The maximum atomic E-state index is 12.4. The van der Waals surface area contributed by atoms with Gasteiger partial charge in [0, 0.05) is 6.20 Å². The minimum Gasteiger partial charge on any atom is -0.317 e. The van der Waals surface area contributed by atoms with Gasteiger partial charge < -0.3 is 5.32 Å². The molecule has 6 heteroatoms. The Bertz CT molecular complexity index is 333.